The lowest BCUT2D eigenvalue weighted by Crippen LogP contribution is -2.22. The van der Waals surface area contributed by atoms with Crippen LogP contribution in [-0.4, -0.2) is 12.5 Å². The van der Waals surface area contributed by atoms with Crippen LogP contribution in [-0.2, 0) is 4.79 Å². The van der Waals surface area contributed by atoms with Crippen LogP contribution in [0, 0.1) is 13.8 Å². The number of furan rings is 1. The van der Waals surface area contributed by atoms with E-state index in [1.165, 1.54) is 6.26 Å². The molecule has 2 aromatic heterocycles. The first-order valence-electron chi connectivity index (χ1n) is 9.22. The van der Waals surface area contributed by atoms with E-state index in [0.29, 0.717) is 27.4 Å². The Morgan fingerprint density at radius 3 is 2.70 bits per heavy atom. The lowest BCUT2D eigenvalue weighted by atomic mass is 10.1. The van der Waals surface area contributed by atoms with Gasteiger partial charge in [-0.3, -0.25) is 9.59 Å². The van der Waals surface area contributed by atoms with Crippen molar-refractivity contribution >= 4 is 34.2 Å². The predicted octanol–water partition coefficient (Wildman–Crippen LogP) is 5.34. The molecule has 0 aliphatic carbocycles. The summed E-state index contributed by atoms with van der Waals surface area (Å²) in [4.78, 5) is 25.4. The summed E-state index contributed by atoms with van der Waals surface area (Å²) in [6.07, 6.45) is 1.47. The third kappa shape index (κ3) is 3.95. The van der Waals surface area contributed by atoms with E-state index in [9.17, 15) is 9.59 Å². The van der Waals surface area contributed by atoms with Gasteiger partial charge >= 0.3 is 0 Å². The zero-order chi connectivity index (χ0) is 21.3. The van der Waals surface area contributed by atoms with Gasteiger partial charge in [0.05, 0.1) is 11.6 Å². The molecule has 4 aromatic rings. The molecule has 0 saturated carbocycles. The number of ether oxygens (including phenoxy) is 1. The van der Waals surface area contributed by atoms with Gasteiger partial charge in [0, 0.05) is 10.7 Å². The first-order valence-corrected chi connectivity index (χ1v) is 9.60. The summed E-state index contributed by atoms with van der Waals surface area (Å²) in [6.45, 7) is 3.38. The normalized spacial score (nSPS) is 10.9. The molecule has 0 atom stereocenters. The summed E-state index contributed by atoms with van der Waals surface area (Å²) >= 11 is 6.09. The number of carbonyl (C=O) groups is 1. The van der Waals surface area contributed by atoms with Gasteiger partial charge in [0.25, 0.3) is 5.91 Å². The molecule has 30 heavy (non-hydrogen) atoms. The van der Waals surface area contributed by atoms with Crippen molar-refractivity contribution in [1.29, 1.82) is 0 Å². The zero-order valence-corrected chi connectivity index (χ0v) is 17.1. The minimum Gasteiger partial charge on any atom is -0.476 e. The number of aryl methyl sites for hydroxylation is 2. The van der Waals surface area contributed by atoms with E-state index in [4.69, 9.17) is 25.2 Å². The number of halogens is 1. The van der Waals surface area contributed by atoms with E-state index in [-0.39, 0.29) is 23.5 Å². The molecule has 4 rings (SSSR count). The number of anilines is 1. The fourth-order valence-corrected chi connectivity index (χ4v) is 3.17. The minimum absolute atomic E-state index is 0.0848. The van der Waals surface area contributed by atoms with Crippen molar-refractivity contribution < 1.29 is 18.4 Å². The maximum atomic E-state index is 13.0. The van der Waals surface area contributed by atoms with Gasteiger partial charge in [-0.15, -0.1) is 0 Å². The maximum Gasteiger partial charge on any atom is 0.262 e. The van der Waals surface area contributed by atoms with Crippen LogP contribution in [0.5, 0.6) is 5.75 Å². The highest BCUT2D eigenvalue weighted by Crippen LogP contribution is 2.31. The Balaban J connectivity index is 1.64. The van der Waals surface area contributed by atoms with Crippen LogP contribution in [0.25, 0.3) is 22.5 Å². The molecule has 0 unspecified atom stereocenters. The van der Waals surface area contributed by atoms with Crippen molar-refractivity contribution in [2.45, 2.75) is 13.8 Å². The van der Waals surface area contributed by atoms with E-state index < -0.39 is 5.91 Å². The van der Waals surface area contributed by atoms with Gasteiger partial charge in [0.1, 0.15) is 5.58 Å². The number of hydrogen-bond acceptors (Lipinski definition) is 5. The summed E-state index contributed by atoms with van der Waals surface area (Å²) in [6, 6.07) is 13.8. The maximum absolute atomic E-state index is 13.0. The Morgan fingerprint density at radius 2 is 1.97 bits per heavy atom. The monoisotopic (exact) mass is 423 g/mol. The molecule has 6 nitrogen and oxygen atoms in total. The molecule has 7 heteroatoms. The average molecular weight is 424 g/mol. The molecule has 0 radical (unpaired) electrons. The smallest absolute Gasteiger partial charge is 0.262 e. The fourth-order valence-electron chi connectivity index (χ4n) is 2.99. The number of nitrogens with one attached hydrogen (secondary N) is 1. The number of benzene rings is 2. The van der Waals surface area contributed by atoms with E-state index in [1.807, 2.05) is 19.9 Å². The number of carbonyl (C=O) groups excluding carboxylic acids is 1. The first kappa shape index (κ1) is 19.8. The quantitative estimate of drug-likeness (QED) is 0.468. The van der Waals surface area contributed by atoms with Crippen LogP contribution in [0.4, 0.5) is 5.69 Å². The molecule has 152 valence electrons. The van der Waals surface area contributed by atoms with Crippen molar-refractivity contribution in [3.63, 3.8) is 0 Å². The van der Waals surface area contributed by atoms with Crippen molar-refractivity contribution in [3.8, 4) is 17.3 Å². The van der Waals surface area contributed by atoms with Gasteiger partial charge < -0.3 is 18.9 Å². The van der Waals surface area contributed by atoms with E-state index in [1.54, 1.807) is 42.5 Å². The van der Waals surface area contributed by atoms with Gasteiger partial charge in [-0.25, -0.2) is 0 Å². The minimum atomic E-state index is -0.441. The highest BCUT2D eigenvalue weighted by molar-refractivity contribution is 6.31. The molecule has 1 amide bonds. The van der Waals surface area contributed by atoms with Gasteiger partial charge in [0.15, 0.2) is 12.4 Å². The summed E-state index contributed by atoms with van der Waals surface area (Å²) in [5.41, 5.74) is 2.41. The fraction of sp³-hybridized carbons (Fsp3) is 0.130. The standard InChI is InChI=1S/C23H18ClNO5/c1-13-5-8-16-19(10-13)30-22(18-4-3-9-28-18)23(21(16)27)29-12-20(26)25-15-7-6-14(2)17(24)11-15/h3-11H,12H2,1-2H3,(H,25,26). The van der Waals surface area contributed by atoms with Gasteiger partial charge in [-0.2, -0.15) is 0 Å². The summed E-state index contributed by atoms with van der Waals surface area (Å²) in [7, 11) is 0. The topological polar surface area (TPSA) is 81.7 Å². The van der Waals surface area contributed by atoms with Gasteiger partial charge in [0.2, 0.25) is 16.9 Å². The summed E-state index contributed by atoms with van der Waals surface area (Å²) in [5.74, 6) is -0.0624. The lowest BCUT2D eigenvalue weighted by molar-refractivity contribution is -0.118. The van der Waals surface area contributed by atoms with E-state index in [0.717, 1.165) is 11.1 Å². The van der Waals surface area contributed by atoms with Crippen LogP contribution in [0.3, 0.4) is 0 Å². The molecule has 0 aliphatic rings. The average Bonchev–Trinajstić information content (AvgIpc) is 3.24. The number of hydrogen-bond donors (Lipinski definition) is 1. The van der Waals surface area contributed by atoms with Crippen molar-refractivity contribution in [3.05, 3.63) is 81.2 Å². The summed E-state index contributed by atoms with van der Waals surface area (Å²) < 4.78 is 16.9. The number of fused-ring (bicyclic) bond motifs is 1. The Morgan fingerprint density at radius 1 is 1.13 bits per heavy atom. The van der Waals surface area contributed by atoms with Crippen LogP contribution >= 0.6 is 11.6 Å². The van der Waals surface area contributed by atoms with Crippen LogP contribution in [0.1, 0.15) is 11.1 Å². The van der Waals surface area contributed by atoms with Crippen LogP contribution < -0.4 is 15.5 Å². The summed E-state index contributed by atoms with van der Waals surface area (Å²) in [5, 5.41) is 3.59. The molecular weight excluding hydrogens is 406 g/mol. The molecule has 0 aliphatic heterocycles. The molecule has 0 spiro atoms. The molecule has 2 heterocycles. The second-order valence-corrected chi connectivity index (χ2v) is 7.27. The Kier molecular flexibility index (Phi) is 5.33. The largest absolute Gasteiger partial charge is 0.476 e. The van der Waals surface area contributed by atoms with Gasteiger partial charge in [-0.1, -0.05) is 23.7 Å². The van der Waals surface area contributed by atoms with E-state index >= 15 is 0 Å². The second kappa shape index (κ2) is 8.08. The third-order valence-electron chi connectivity index (χ3n) is 4.55. The van der Waals surface area contributed by atoms with Crippen molar-refractivity contribution in [2.24, 2.45) is 0 Å². The molecule has 1 N–H and O–H groups in total. The zero-order valence-electron chi connectivity index (χ0n) is 16.3. The second-order valence-electron chi connectivity index (χ2n) is 6.87. The first-order chi connectivity index (χ1) is 14.4. The van der Waals surface area contributed by atoms with Crippen LogP contribution in [0.2, 0.25) is 5.02 Å². The van der Waals surface area contributed by atoms with Gasteiger partial charge in [-0.05, 0) is 61.4 Å². The Hall–Kier alpha value is -3.51. The molecule has 0 saturated heterocycles. The number of amides is 1. The lowest BCUT2D eigenvalue weighted by Gasteiger charge is -2.11. The Labute approximate surface area is 177 Å². The highest BCUT2D eigenvalue weighted by Gasteiger charge is 2.20. The van der Waals surface area contributed by atoms with Crippen molar-refractivity contribution in [2.75, 3.05) is 11.9 Å². The SMILES string of the molecule is Cc1ccc2c(=O)c(OCC(=O)Nc3ccc(C)c(Cl)c3)c(-c3ccco3)oc2c1. The third-order valence-corrected chi connectivity index (χ3v) is 4.96. The highest BCUT2D eigenvalue weighted by atomic mass is 35.5. The van der Waals surface area contributed by atoms with E-state index in [2.05, 4.69) is 5.32 Å². The molecular formula is C23H18ClNO5. The molecule has 2 aromatic carbocycles. The predicted molar refractivity (Wildman–Crippen MR) is 115 cm³/mol. The van der Waals surface area contributed by atoms with Crippen LogP contribution in [0.15, 0.2) is 68.4 Å². The Bertz CT molecular complexity index is 1290. The molecule has 0 bridgehead atoms. The van der Waals surface area contributed by atoms with Crippen molar-refractivity contribution in [1.82, 2.24) is 0 Å². The number of rotatable bonds is 5. The molecule has 0 fully saturated rings.